The van der Waals surface area contributed by atoms with Crippen LogP contribution < -0.4 is 5.32 Å². The Balaban J connectivity index is 1.77. The summed E-state index contributed by atoms with van der Waals surface area (Å²) in [5.41, 5.74) is 4.14. The van der Waals surface area contributed by atoms with Crippen LogP contribution in [0.15, 0.2) is 59.6 Å². The van der Waals surface area contributed by atoms with E-state index in [1.165, 1.54) is 24.3 Å². The van der Waals surface area contributed by atoms with Crippen molar-refractivity contribution in [2.75, 3.05) is 5.32 Å². The predicted molar refractivity (Wildman–Crippen MR) is 112 cm³/mol. The Hall–Kier alpha value is -3.28. The summed E-state index contributed by atoms with van der Waals surface area (Å²) in [6, 6.07) is 15.0. The van der Waals surface area contributed by atoms with Gasteiger partial charge in [0.2, 0.25) is 0 Å². The van der Waals surface area contributed by atoms with Gasteiger partial charge in [0.25, 0.3) is 0 Å². The van der Waals surface area contributed by atoms with Crippen molar-refractivity contribution in [3.63, 3.8) is 0 Å². The number of H-pyrrole nitrogens is 1. The zero-order valence-electron chi connectivity index (χ0n) is 16.6. The van der Waals surface area contributed by atoms with Gasteiger partial charge in [-0.25, -0.2) is 9.38 Å². The average molecular weight is 390 g/mol. The lowest BCUT2D eigenvalue weighted by Crippen LogP contribution is -2.38. The number of halogens is 1. The second kappa shape index (κ2) is 7.62. The summed E-state index contributed by atoms with van der Waals surface area (Å²) < 4.78 is 13.3. The number of aromatic nitrogens is 2. The van der Waals surface area contributed by atoms with E-state index >= 15 is 0 Å². The SMILES string of the molecule is Cc1cc(N=C2c3ccccc3NC(C(=O)c3ccc(F)cc3)C(C)C2C)n[nH]1. The first kappa shape index (κ1) is 19.1. The van der Waals surface area contributed by atoms with E-state index in [1.54, 1.807) is 0 Å². The number of ketones is 1. The van der Waals surface area contributed by atoms with Gasteiger partial charge in [0.15, 0.2) is 11.6 Å². The summed E-state index contributed by atoms with van der Waals surface area (Å²) in [5, 5.41) is 10.6. The van der Waals surface area contributed by atoms with Crippen molar-refractivity contribution in [2.24, 2.45) is 16.8 Å². The standard InChI is InChI=1S/C23H23FN4O/c1-13-12-20(28-27-13)26-21-14(2)15(3)22(25-19-7-5-4-6-18(19)21)23(29)16-8-10-17(24)11-9-16/h4-12,14-15,22,25H,1-3H3,(H,27,28). The van der Waals surface area contributed by atoms with E-state index in [4.69, 9.17) is 4.99 Å². The molecule has 2 heterocycles. The number of benzene rings is 2. The number of para-hydroxylation sites is 1. The van der Waals surface area contributed by atoms with Crippen LogP contribution in [0.5, 0.6) is 0 Å². The molecule has 0 fully saturated rings. The minimum atomic E-state index is -0.453. The molecule has 29 heavy (non-hydrogen) atoms. The van der Waals surface area contributed by atoms with Crippen LogP contribution in [0, 0.1) is 24.6 Å². The Kier molecular flexibility index (Phi) is 5.01. The molecule has 0 saturated carbocycles. The number of fused-ring (bicyclic) bond motifs is 1. The third-order valence-electron chi connectivity index (χ3n) is 5.60. The largest absolute Gasteiger partial charge is 0.374 e. The molecule has 2 N–H and O–H groups in total. The van der Waals surface area contributed by atoms with Crippen LogP contribution in [0.1, 0.15) is 35.5 Å². The highest BCUT2D eigenvalue weighted by Gasteiger charge is 2.36. The van der Waals surface area contributed by atoms with Gasteiger partial charge in [0.05, 0.1) is 11.8 Å². The van der Waals surface area contributed by atoms with E-state index in [1.807, 2.05) is 44.2 Å². The second-order valence-corrected chi connectivity index (χ2v) is 7.59. The molecule has 2 aromatic carbocycles. The molecule has 3 atom stereocenters. The lowest BCUT2D eigenvalue weighted by atomic mass is 9.82. The molecule has 1 aromatic heterocycles. The molecule has 1 aliphatic rings. The number of aryl methyl sites for hydroxylation is 1. The number of Topliss-reactive ketones (excluding diaryl/α,β-unsaturated/α-hetero) is 1. The Morgan fingerprint density at radius 1 is 1.10 bits per heavy atom. The Labute approximate surface area is 169 Å². The van der Waals surface area contributed by atoms with Gasteiger partial charge in [-0.3, -0.25) is 9.89 Å². The first-order valence-corrected chi connectivity index (χ1v) is 9.70. The van der Waals surface area contributed by atoms with Crippen molar-refractivity contribution in [1.29, 1.82) is 0 Å². The van der Waals surface area contributed by atoms with E-state index in [-0.39, 0.29) is 23.4 Å². The topological polar surface area (TPSA) is 70.1 Å². The van der Waals surface area contributed by atoms with Crippen LogP contribution in [0.3, 0.4) is 0 Å². The monoisotopic (exact) mass is 390 g/mol. The molecule has 3 unspecified atom stereocenters. The summed E-state index contributed by atoms with van der Waals surface area (Å²) >= 11 is 0. The maximum absolute atomic E-state index is 13.3. The van der Waals surface area contributed by atoms with Crippen LogP contribution >= 0.6 is 0 Å². The van der Waals surface area contributed by atoms with E-state index in [0.717, 1.165) is 22.7 Å². The maximum Gasteiger partial charge on any atom is 0.185 e. The van der Waals surface area contributed by atoms with Gasteiger partial charge in [0, 0.05) is 34.5 Å². The zero-order chi connectivity index (χ0) is 20.5. The number of hydrogen-bond donors (Lipinski definition) is 2. The smallest absolute Gasteiger partial charge is 0.185 e. The molecule has 3 aromatic rings. The number of anilines is 1. The molecule has 6 heteroatoms. The molecule has 5 nitrogen and oxygen atoms in total. The number of carbonyl (C=O) groups excluding carboxylic acids is 1. The number of nitrogens with zero attached hydrogens (tertiary/aromatic N) is 2. The van der Waals surface area contributed by atoms with E-state index in [2.05, 4.69) is 22.4 Å². The highest BCUT2D eigenvalue weighted by atomic mass is 19.1. The highest BCUT2D eigenvalue weighted by molar-refractivity contribution is 6.10. The van der Waals surface area contributed by atoms with Gasteiger partial charge in [-0.05, 0) is 43.2 Å². The maximum atomic E-state index is 13.3. The molecule has 4 rings (SSSR count). The van der Waals surface area contributed by atoms with E-state index in [0.29, 0.717) is 11.4 Å². The summed E-state index contributed by atoms with van der Waals surface area (Å²) in [6.07, 6.45) is 0. The van der Waals surface area contributed by atoms with Crippen molar-refractivity contribution >= 4 is 23.0 Å². The molecule has 0 spiro atoms. The lowest BCUT2D eigenvalue weighted by Gasteiger charge is -2.26. The van der Waals surface area contributed by atoms with Crippen molar-refractivity contribution in [3.05, 3.63) is 77.2 Å². The zero-order valence-corrected chi connectivity index (χ0v) is 16.6. The van der Waals surface area contributed by atoms with Crippen LogP contribution in [-0.4, -0.2) is 27.7 Å². The number of aromatic amines is 1. The van der Waals surface area contributed by atoms with Crippen LogP contribution in [0.4, 0.5) is 15.9 Å². The molecule has 0 saturated heterocycles. The summed E-state index contributed by atoms with van der Waals surface area (Å²) in [6.45, 7) is 6.06. The van der Waals surface area contributed by atoms with E-state index < -0.39 is 6.04 Å². The number of nitrogens with one attached hydrogen (secondary N) is 2. The summed E-state index contributed by atoms with van der Waals surface area (Å²) in [5.74, 6) is 0.160. The van der Waals surface area contributed by atoms with Gasteiger partial charge < -0.3 is 5.32 Å². The fourth-order valence-electron chi connectivity index (χ4n) is 3.76. The van der Waals surface area contributed by atoms with Crippen LogP contribution in [0.2, 0.25) is 0 Å². The van der Waals surface area contributed by atoms with Gasteiger partial charge in [-0.15, -0.1) is 0 Å². The minimum Gasteiger partial charge on any atom is -0.374 e. The summed E-state index contributed by atoms with van der Waals surface area (Å²) in [7, 11) is 0. The molecule has 0 bridgehead atoms. The van der Waals surface area contributed by atoms with Gasteiger partial charge in [-0.2, -0.15) is 5.10 Å². The fraction of sp³-hybridized carbons (Fsp3) is 0.261. The molecule has 1 aliphatic heterocycles. The summed E-state index contributed by atoms with van der Waals surface area (Å²) in [4.78, 5) is 18.1. The van der Waals surface area contributed by atoms with Crippen LogP contribution in [0.25, 0.3) is 0 Å². The van der Waals surface area contributed by atoms with Gasteiger partial charge in [-0.1, -0.05) is 32.0 Å². The molecule has 148 valence electrons. The lowest BCUT2D eigenvalue weighted by molar-refractivity contribution is 0.0940. The number of rotatable bonds is 3. The number of carbonyl (C=O) groups is 1. The van der Waals surface area contributed by atoms with Crippen molar-refractivity contribution in [2.45, 2.75) is 26.8 Å². The molecular weight excluding hydrogens is 367 g/mol. The quantitative estimate of drug-likeness (QED) is 0.623. The van der Waals surface area contributed by atoms with Crippen molar-refractivity contribution < 1.29 is 9.18 Å². The van der Waals surface area contributed by atoms with Gasteiger partial charge >= 0.3 is 0 Å². The first-order valence-electron chi connectivity index (χ1n) is 9.70. The Morgan fingerprint density at radius 3 is 2.52 bits per heavy atom. The average Bonchev–Trinajstić information content (AvgIpc) is 3.10. The van der Waals surface area contributed by atoms with E-state index in [9.17, 15) is 9.18 Å². The predicted octanol–water partition coefficient (Wildman–Crippen LogP) is 4.93. The molecular formula is C23H23FN4O. The minimum absolute atomic E-state index is 0.00226. The van der Waals surface area contributed by atoms with Crippen molar-refractivity contribution in [1.82, 2.24) is 10.2 Å². The third-order valence-corrected chi connectivity index (χ3v) is 5.60. The number of hydrogen-bond acceptors (Lipinski definition) is 4. The van der Waals surface area contributed by atoms with Gasteiger partial charge in [0.1, 0.15) is 5.82 Å². The molecule has 0 aliphatic carbocycles. The Bertz CT molecular complexity index is 1070. The number of aliphatic imine (C=N–C) groups is 1. The second-order valence-electron chi connectivity index (χ2n) is 7.59. The molecule has 0 radical (unpaired) electrons. The normalized spacial score (nSPS) is 22.6. The Morgan fingerprint density at radius 2 is 1.83 bits per heavy atom. The highest BCUT2D eigenvalue weighted by Crippen LogP contribution is 2.34. The molecule has 0 amide bonds. The first-order chi connectivity index (χ1) is 13.9. The fourth-order valence-corrected chi connectivity index (χ4v) is 3.76. The third kappa shape index (κ3) is 3.70. The van der Waals surface area contributed by atoms with Crippen LogP contribution in [-0.2, 0) is 0 Å². The van der Waals surface area contributed by atoms with Crippen molar-refractivity contribution in [3.8, 4) is 0 Å².